The lowest BCUT2D eigenvalue weighted by Crippen LogP contribution is -2.38. The largest absolute Gasteiger partial charge is 0.342 e. The first-order valence-electron chi connectivity index (χ1n) is 8.86. The van der Waals surface area contributed by atoms with Gasteiger partial charge in [0.15, 0.2) is 0 Å². The van der Waals surface area contributed by atoms with Crippen LogP contribution in [0.3, 0.4) is 0 Å². The van der Waals surface area contributed by atoms with E-state index in [0.717, 1.165) is 37.9 Å². The fraction of sp³-hybridized carbons (Fsp3) is 0.579. The fourth-order valence-electron chi connectivity index (χ4n) is 3.24. The summed E-state index contributed by atoms with van der Waals surface area (Å²) in [5.74, 6) is 0.0376. The quantitative estimate of drug-likeness (QED) is 0.721. The first-order valence-corrected chi connectivity index (χ1v) is 9.24. The summed E-state index contributed by atoms with van der Waals surface area (Å²) in [6.45, 7) is 6.90. The van der Waals surface area contributed by atoms with Crippen molar-refractivity contribution in [3.63, 3.8) is 0 Å². The molecule has 1 unspecified atom stereocenters. The van der Waals surface area contributed by atoms with Gasteiger partial charge in [0.2, 0.25) is 11.8 Å². The second kappa shape index (κ2) is 9.07. The van der Waals surface area contributed by atoms with Gasteiger partial charge in [0.25, 0.3) is 0 Å². The highest BCUT2D eigenvalue weighted by atomic mass is 35.5. The Morgan fingerprint density at radius 2 is 2.00 bits per heavy atom. The van der Waals surface area contributed by atoms with Crippen LogP contribution >= 0.6 is 11.6 Å². The lowest BCUT2D eigenvalue weighted by atomic mass is 10.1. The van der Waals surface area contributed by atoms with Gasteiger partial charge in [-0.3, -0.25) is 9.59 Å². The average molecular weight is 351 g/mol. The van der Waals surface area contributed by atoms with Crippen molar-refractivity contribution in [3.05, 3.63) is 34.9 Å². The second-order valence-electron chi connectivity index (χ2n) is 6.45. The van der Waals surface area contributed by atoms with E-state index in [1.807, 2.05) is 34.1 Å². The molecule has 4 nitrogen and oxygen atoms in total. The van der Waals surface area contributed by atoms with E-state index < -0.39 is 0 Å². The predicted octanol–water partition coefficient (Wildman–Crippen LogP) is 3.38. The van der Waals surface area contributed by atoms with Crippen molar-refractivity contribution in [1.82, 2.24) is 9.80 Å². The molecule has 1 aliphatic heterocycles. The number of hydrogen-bond donors (Lipinski definition) is 0. The van der Waals surface area contributed by atoms with Crippen molar-refractivity contribution in [2.75, 3.05) is 26.2 Å². The van der Waals surface area contributed by atoms with E-state index in [2.05, 4.69) is 13.8 Å². The zero-order valence-corrected chi connectivity index (χ0v) is 15.4. The molecule has 132 valence electrons. The molecule has 1 saturated heterocycles. The zero-order valence-electron chi connectivity index (χ0n) is 14.6. The third-order valence-electron chi connectivity index (χ3n) is 4.42. The molecular formula is C19H27ClN2O2. The summed E-state index contributed by atoms with van der Waals surface area (Å²) < 4.78 is 0. The van der Waals surface area contributed by atoms with Crippen LogP contribution in [0.25, 0.3) is 0 Å². The number of hydrogen-bond acceptors (Lipinski definition) is 2. The molecule has 1 aromatic carbocycles. The van der Waals surface area contributed by atoms with E-state index in [-0.39, 0.29) is 17.7 Å². The highest BCUT2D eigenvalue weighted by molar-refractivity contribution is 6.30. The third-order valence-corrected chi connectivity index (χ3v) is 4.66. The van der Waals surface area contributed by atoms with Crippen LogP contribution in [0.5, 0.6) is 0 Å². The summed E-state index contributed by atoms with van der Waals surface area (Å²) in [6.07, 6.45) is 3.01. The molecule has 5 heteroatoms. The van der Waals surface area contributed by atoms with Gasteiger partial charge in [-0.05, 0) is 37.0 Å². The van der Waals surface area contributed by atoms with Crippen LogP contribution in [0.4, 0.5) is 0 Å². The Morgan fingerprint density at radius 3 is 2.62 bits per heavy atom. The maximum absolute atomic E-state index is 12.7. The van der Waals surface area contributed by atoms with Crippen LogP contribution < -0.4 is 0 Å². The van der Waals surface area contributed by atoms with Crippen molar-refractivity contribution in [2.24, 2.45) is 5.92 Å². The maximum Gasteiger partial charge on any atom is 0.227 e. The summed E-state index contributed by atoms with van der Waals surface area (Å²) >= 11 is 6.00. The molecule has 0 aliphatic carbocycles. The van der Waals surface area contributed by atoms with Crippen molar-refractivity contribution < 1.29 is 9.59 Å². The molecule has 1 atom stereocenters. The molecule has 0 saturated carbocycles. The lowest BCUT2D eigenvalue weighted by molar-refractivity contribution is -0.136. The monoisotopic (exact) mass is 350 g/mol. The predicted molar refractivity (Wildman–Crippen MR) is 97.0 cm³/mol. The van der Waals surface area contributed by atoms with Crippen molar-refractivity contribution >= 4 is 23.4 Å². The average Bonchev–Trinajstić information content (AvgIpc) is 2.93. The zero-order chi connectivity index (χ0) is 17.5. The van der Waals surface area contributed by atoms with Crippen LogP contribution in [0.15, 0.2) is 24.3 Å². The van der Waals surface area contributed by atoms with Crippen LogP contribution in [-0.2, 0) is 16.0 Å². The SMILES string of the molecule is CCCN(CCC)C(=O)C1CC(=O)N(CCc2cccc(Cl)c2)C1. The Hall–Kier alpha value is -1.55. The van der Waals surface area contributed by atoms with Gasteiger partial charge in [0.1, 0.15) is 0 Å². The van der Waals surface area contributed by atoms with Crippen molar-refractivity contribution in [2.45, 2.75) is 39.5 Å². The number of amides is 2. The molecule has 2 rings (SSSR count). The Morgan fingerprint density at radius 1 is 1.29 bits per heavy atom. The molecule has 0 spiro atoms. The van der Waals surface area contributed by atoms with Gasteiger partial charge in [-0.2, -0.15) is 0 Å². The summed E-state index contributed by atoms with van der Waals surface area (Å²) in [7, 11) is 0. The molecule has 1 aliphatic rings. The van der Waals surface area contributed by atoms with E-state index in [9.17, 15) is 9.59 Å². The summed E-state index contributed by atoms with van der Waals surface area (Å²) in [5.41, 5.74) is 1.11. The molecule has 1 heterocycles. The molecule has 2 amide bonds. The van der Waals surface area contributed by atoms with Gasteiger partial charge in [0, 0.05) is 37.6 Å². The third kappa shape index (κ3) is 4.97. The molecular weight excluding hydrogens is 324 g/mol. The van der Waals surface area contributed by atoms with E-state index >= 15 is 0 Å². The van der Waals surface area contributed by atoms with E-state index in [4.69, 9.17) is 11.6 Å². The smallest absolute Gasteiger partial charge is 0.227 e. The first-order chi connectivity index (χ1) is 11.5. The van der Waals surface area contributed by atoms with Gasteiger partial charge in [-0.15, -0.1) is 0 Å². The van der Waals surface area contributed by atoms with E-state index in [1.165, 1.54) is 0 Å². The minimum Gasteiger partial charge on any atom is -0.342 e. The minimum absolute atomic E-state index is 0.0864. The lowest BCUT2D eigenvalue weighted by Gasteiger charge is -2.24. The summed E-state index contributed by atoms with van der Waals surface area (Å²) in [4.78, 5) is 28.6. The molecule has 0 aromatic heterocycles. The maximum atomic E-state index is 12.7. The van der Waals surface area contributed by atoms with Crippen molar-refractivity contribution in [1.29, 1.82) is 0 Å². The molecule has 0 N–H and O–H groups in total. The molecule has 24 heavy (non-hydrogen) atoms. The van der Waals surface area contributed by atoms with E-state index in [1.54, 1.807) is 0 Å². The second-order valence-corrected chi connectivity index (χ2v) is 6.88. The standard InChI is InChI=1S/C19H27ClN2O2/c1-3-9-21(10-4-2)19(24)16-13-18(23)22(14-16)11-8-15-6-5-7-17(20)12-15/h5-7,12,16H,3-4,8-11,13-14H2,1-2H3. The van der Waals surface area contributed by atoms with Crippen LogP contribution in [0.2, 0.25) is 5.02 Å². The van der Waals surface area contributed by atoms with Gasteiger partial charge in [0.05, 0.1) is 5.92 Å². The number of benzene rings is 1. The minimum atomic E-state index is -0.185. The Balaban J connectivity index is 1.91. The highest BCUT2D eigenvalue weighted by Gasteiger charge is 2.35. The van der Waals surface area contributed by atoms with Crippen molar-refractivity contribution in [3.8, 4) is 0 Å². The molecule has 0 radical (unpaired) electrons. The molecule has 1 fully saturated rings. The summed E-state index contributed by atoms with van der Waals surface area (Å²) in [5, 5.41) is 0.711. The van der Waals surface area contributed by atoms with Gasteiger partial charge in [-0.25, -0.2) is 0 Å². The van der Waals surface area contributed by atoms with Gasteiger partial charge in [-0.1, -0.05) is 37.6 Å². The van der Waals surface area contributed by atoms with Crippen LogP contribution in [0, 0.1) is 5.92 Å². The number of carbonyl (C=O) groups is 2. The van der Waals surface area contributed by atoms with Gasteiger partial charge < -0.3 is 9.80 Å². The first kappa shape index (κ1) is 18.8. The summed E-state index contributed by atoms with van der Waals surface area (Å²) in [6, 6.07) is 7.70. The number of likely N-dealkylation sites (tertiary alicyclic amines) is 1. The molecule has 0 bridgehead atoms. The topological polar surface area (TPSA) is 40.6 Å². The normalized spacial score (nSPS) is 17.4. The number of carbonyl (C=O) groups excluding carboxylic acids is 2. The Kier molecular flexibility index (Phi) is 7.10. The Bertz CT molecular complexity index is 570. The van der Waals surface area contributed by atoms with Crippen LogP contribution in [0.1, 0.15) is 38.7 Å². The number of nitrogens with zero attached hydrogens (tertiary/aromatic N) is 2. The fourth-order valence-corrected chi connectivity index (χ4v) is 3.45. The molecule has 1 aromatic rings. The van der Waals surface area contributed by atoms with Gasteiger partial charge >= 0.3 is 0 Å². The van der Waals surface area contributed by atoms with E-state index in [0.29, 0.717) is 24.5 Å². The number of halogens is 1. The Labute approximate surface area is 149 Å². The van der Waals surface area contributed by atoms with Crippen LogP contribution in [-0.4, -0.2) is 47.8 Å². The highest BCUT2D eigenvalue weighted by Crippen LogP contribution is 2.21. The number of rotatable bonds is 8.